The Hall–Kier alpha value is -1.88. The highest BCUT2D eigenvalue weighted by atomic mass is 79.9. The second-order valence-electron chi connectivity index (χ2n) is 4.48. The molecule has 0 radical (unpaired) electrons. The van der Waals surface area contributed by atoms with Gasteiger partial charge >= 0.3 is 0 Å². The van der Waals surface area contributed by atoms with E-state index >= 15 is 0 Å². The molecule has 0 saturated carbocycles. The number of carbonyl (C=O) groups excluding carboxylic acids is 1. The third kappa shape index (κ3) is 3.36. The summed E-state index contributed by atoms with van der Waals surface area (Å²) < 4.78 is 14.1. The van der Waals surface area contributed by atoms with Gasteiger partial charge in [0.15, 0.2) is 0 Å². The molecule has 0 unspecified atom stereocenters. The van der Waals surface area contributed by atoms with E-state index in [0.29, 0.717) is 0 Å². The summed E-state index contributed by atoms with van der Waals surface area (Å²) >= 11 is 3.35. The van der Waals surface area contributed by atoms with E-state index in [9.17, 15) is 9.18 Å². The quantitative estimate of drug-likeness (QED) is 0.840. The smallest absolute Gasteiger partial charge is 0.253 e. The van der Waals surface area contributed by atoms with Crippen LogP contribution in [-0.4, -0.2) is 5.91 Å². The highest BCUT2D eigenvalue weighted by Crippen LogP contribution is 2.18. The molecule has 2 rings (SSSR count). The Balaban J connectivity index is 2.15. The number of hydrogen-bond donors (Lipinski definition) is 2. The lowest BCUT2D eigenvalue weighted by Crippen LogP contribution is -2.27. The maximum Gasteiger partial charge on any atom is 0.253 e. The maximum absolute atomic E-state index is 13.2. The number of rotatable bonds is 3. The molecule has 0 bridgehead atoms. The fourth-order valence-corrected chi connectivity index (χ4v) is 2.10. The van der Waals surface area contributed by atoms with Crippen molar-refractivity contribution in [1.82, 2.24) is 5.32 Å². The summed E-state index contributed by atoms with van der Waals surface area (Å²) in [4.78, 5) is 12.1. The zero-order valence-corrected chi connectivity index (χ0v) is 12.4. The van der Waals surface area contributed by atoms with Gasteiger partial charge in [0.2, 0.25) is 0 Å². The van der Waals surface area contributed by atoms with Gasteiger partial charge in [-0.3, -0.25) is 4.79 Å². The van der Waals surface area contributed by atoms with Crippen LogP contribution in [0.4, 0.5) is 10.1 Å². The van der Waals surface area contributed by atoms with Crippen LogP contribution in [0, 0.1) is 5.82 Å². The summed E-state index contributed by atoms with van der Waals surface area (Å²) in [5, 5.41) is 2.80. The number of anilines is 1. The predicted octanol–water partition coefficient (Wildman–Crippen LogP) is 3.66. The molecule has 5 heteroatoms. The van der Waals surface area contributed by atoms with Crippen molar-refractivity contribution in [2.45, 2.75) is 13.0 Å². The minimum atomic E-state index is -0.486. The normalized spacial score (nSPS) is 11.9. The van der Waals surface area contributed by atoms with Crippen molar-refractivity contribution in [2.75, 3.05) is 5.73 Å². The van der Waals surface area contributed by atoms with Gasteiger partial charge in [-0.25, -0.2) is 4.39 Å². The Labute approximate surface area is 125 Å². The molecule has 3 N–H and O–H groups in total. The van der Waals surface area contributed by atoms with E-state index in [1.54, 1.807) is 0 Å². The number of halogens is 2. The average molecular weight is 337 g/mol. The first-order valence-electron chi connectivity index (χ1n) is 6.08. The molecule has 2 aromatic rings. The van der Waals surface area contributed by atoms with Gasteiger partial charge < -0.3 is 11.1 Å². The molecule has 0 aromatic heterocycles. The molecule has 0 aliphatic heterocycles. The molecule has 20 heavy (non-hydrogen) atoms. The molecule has 0 fully saturated rings. The fraction of sp³-hybridized carbons (Fsp3) is 0.133. The summed E-state index contributed by atoms with van der Waals surface area (Å²) in [5.41, 5.74) is 7.05. The third-order valence-electron chi connectivity index (χ3n) is 2.98. The standard InChI is InChI=1S/C15H14BrFN2O/c1-9(10-2-4-11(16)5-3-10)19-15(20)13-8-12(17)6-7-14(13)18/h2-9H,18H2,1H3,(H,19,20)/t9-/m0/s1. The molecular weight excluding hydrogens is 323 g/mol. The van der Waals surface area contributed by atoms with Gasteiger partial charge in [0.1, 0.15) is 5.82 Å². The lowest BCUT2D eigenvalue weighted by atomic mass is 10.1. The summed E-state index contributed by atoms with van der Waals surface area (Å²) in [6.07, 6.45) is 0. The van der Waals surface area contributed by atoms with Crippen LogP contribution in [0.2, 0.25) is 0 Å². The first-order valence-corrected chi connectivity index (χ1v) is 6.88. The van der Waals surface area contributed by atoms with Crippen LogP contribution >= 0.6 is 15.9 Å². The summed E-state index contributed by atoms with van der Waals surface area (Å²) in [5.74, 6) is -0.877. The molecule has 0 aliphatic rings. The molecule has 0 spiro atoms. The van der Waals surface area contributed by atoms with Crippen molar-refractivity contribution in [3.8, 4) is 0 Å². The number of benzene rings is 2. The molecule has 2 aromatic carbocycles. The van der Waals surface area contributed by atoms with Crippen molar-refractivity contribution >= 4 is 27.5 Å². The van der Waals surface area contributed by atoms with Crippen molar-refractivity contribution in [3.63, 3.8) is 0 Å². The predicted molar refractivity (Wildman–Crippen MR) is 80.8 cm³/mol. The third-order valence-corrected chi connectivity index (χ3v) is 3.51. The van der Waals surface area contributed by atoms with Gasteiger partial charge in [-0.2, -0.15) is 0 Å². The molecule has 104 valence electrons. The molecule has 0 saturated heterocycles. The number of nitrogens with one attached hydrogen (secondary N) is 1. The molecule has 1 atom stereocenters. The van der Waals surface area contributed by atoms with Gasteiger partial charge in [-0.15, -0.1) is 0 Å². The van der Waals surface area contributed by atoms with E-state index < -0.39 is 11.7 Å². The number of amides is 1. The minimum Gasteiger partial charge on any atom is -0.398 e. The average Bonchev–Trinajstić information content (AvgIpc) is 2.42. The molecule has 0 heterocycles. The first kappa shape index (κ1) is 14.5. The summed E-state index contributed by atoms with van der Waals surface area (Å²) in [6, 6.07) is 11.2. The van der Waals surface area contributed by atoms with Crippen LogP contribution in [0.15, 0.2) is 46.9 Å². The topological polar surface area (TPSA) is 55.1 Å². The van der Waals surface area contributed by atoms with Gasteiger partial charge in [0.25, 0.3) is 5.91 Å². The number of nitrogen functional groups attached to an aromatic ring is 1. The van der Waals surface area contributed by atoms with Gasteiger partial charge in [0, 0.05) is 10.2 Å². The van der Waals surface area contributed by atoms with Crippen LogP contribution in [-0.2, 0) is 0 Å². The minimum absolute atomic E-state index is 0.147. The van der Waals surface area contributed by atoms with E-state index in [2.05, 4.69) is 21.2 Å². The maximum atomic E-state index is 13.2. The Kier molecular flexibility index (Phi) is 4.39. The van der Waals surface area contributed by atoms with Crippen molar-refractivity contribution < 1.29 is 9.18 Å². The van der Waals surface area contributed by atoms with Gasteiger partial charge in [-0.1, -0.05) is 28.1 Å². The van der Waals surface area contributed by atoms with Crippen LogP contribution < -0.4 is 11.1 Å². The zero-order chi connectivity index (χ0) is 14.7. The van der Waals surface area contributed by atoms with E-state index in [1.165, 1.54) is 12.1 Å². The molecule has 0 aliphatic carbocycles. The van der Waals surface area contributed by atoms with Crippen molar-refractivity contribution in [3.05, 3.63) is 63.9 Å². The number of carbonyl (C=O) groups is 1. The summed E-state index contributed by atoms with van der Waals surface area (Å²) in [7, 11) is 0. The Bertz CT molecular complexity index is 628. The zero-order valence-electron chi connectivity index (χ0n) is 10.9. The van der Waals surface area contributed by atoms with Crippen molar-refractivity contribution in [2.24, 2.45) is 0 Å². The molecular formula is C15H14BrFN2O. The number of hydrogen-bond acceptors (Lipinski definition) is 2. The lowest BCUT2D eigenvalue weighted by Gasteiger charge is -2.15. The Morgan fingerprint density at radius 1 is 1.25 bits per heavy atom. The highest BCUT2D eigenvalue weighted by Gasteiger charge is 2.14. The van der Waals surface area contributed by atoms with E-state index in [1.807, 2.05) is 31.2 Å². The van der Waals surface area contributed by atoms with Crippen LogP contribution in [0.3, 0.4) is 0 Å². The van der Waals surface area contributed by atoms with Gasteiger partial charge in [-0.05, 0) is 42.8 Å². The van der Waals surface area contributed by atoms with Crippen LogP contribution in [0.5, 0.6) is 0 Å². The fourth-order valence-electron chi connectivity index (χ4n) is 1.83. The van der Waals surface area contributed by atoms with Gasteiger partial charge in [0.05, 0.1) is 11.6 Å². The van der Waals surface area contributed by atoms with E-state index in [4.69, 9.17) is 5.73 Å². The Morgan fingerprint density at radius 3 is 2.55 bits per heavy atom. The second kappa shape index (κ2) is 6.05. The van der Waals surface area contributed by atoms with E-state index in [-0.39, 0.29) is 17.3 Å². The highest BCUT2D eigenvalue weighted by molar-refractivity contribution is 9.10. The number of nitrogens with two attached hydrogens (primary N) is 1. The monoisotopic (exact) mass is 336 g/mol. The molecule has 1 amide bonds. The van der Waals surface area contributed by atoms with Crippen molar-refractivity contribution in [1.29, 1.82) is 0 Å². The van der Waals surface area contributed by atoms with E-state index in [0.717, 1.165) is 16.1 Å². The second-order valence-corrected chi connectivity index (χ2v) is 5.39. The molecule has 3 nitrogen and oxygen atoms in total. The Morgan fingerprint density at radius 2 is 1.90 bits per heavy atom. The summed E-state index contributed by atoms with van der Waals surface area (Å²) in [6.45, 7) is 1.86. The van der Waals surface area contributed by atoms with Crippen LogP contribution in [0.1, 0.15) is 28.9 Å². The SMILES string of the molecule is C[C@H](NC(=O)c1cc(F)ccc1N)c1ccc(Br)cc1. The largest absolute Gasteiger partial charge is 0.398 e. The first-order chi connectivity index (χ1) is 9.47. The van der Waals surface area contributed by atoms with Crippen LogP contribution in [0.25, 0.3) is 0 Å². The lowest BCUT2D eigenvalue weighted by molar-refractivity contribution is 0.0940.